The van der Waals surface area contributed by atoms with Gasteiger partial charge in [-0.25, -0.2) is 15.0 Å². The molecule has 3 heterocycles. The zero-order chi connectivity index (χ0) is 16.1. The first-order valence-electron chi connectivity index (χ1n) is 6.87. The molecule has 116 valence electrons. The molecule has 0 spiro atoms. The van der Waals surface area contributed by atoms with E-state index in [-0.39, 0.29) is 24.6 Å². The van der Waals surface area contributed by atoms with Crippen LogP contribution >= 0.6 is 0 Å². The van der Waals surface area contributed by atoms with Crippen LogP contribution in [0.2, 0.25) is 0 Å². The molecule has 0 unspecified atom stereocenters. The van der Waals surface area contributed by atoms with Gasteiger partial charge in [0.2, 0.25) is 5.88 Å². The summed E-state index contributed by atoms with van der Waals surface area (Å²) >= 11 is 0. The number of hydrogen-bond donors (Lipinski definition) is 2. The van der Waals surface area contributed by atoms with Crippen LogP contribution in [0.4, 0.5) is 0 Å². The van der Waals surface area contributed by atoms with Crippen molar-refractivity contribution in [1.82, 2.24) is 25.3 Å². The molecule has 1 amide bonds. The third kappa shape index (κ3) is 3.67. The van der Waals surface area contributed by atoms with Gasteiger partial charge in [0.05, 0.1) is 11.9 Å². The third-order valence-electron chi connectivity index (χ3n) is 2.97. The normalized spacial score (nSPS) is 10.4. The molecule has 0 atom stereocenters. The SMILES string of the molecule is O=C(COc1ccccn1)NCc1nc2ncccc2c(=O)[nH]1. The number of rotatable bonds is 5. The number of ether oxygens (including phenoxy) is 1. The predicted molar refractivity (Wildman–Crippen MR) is 81.7 cm³/mol. The number of aromatic nitrogens is 4. The van der Waals surface area contributed by atoms with Crippen molar-refractivity contribution in [2.75, 3.05) is 6.61 Å². The van der Waals surface area contributed by atoms with Gasteiger partial charge in [-0.15, -0.1) is 0 Å². The monoisotopic (exact) mass is 311 g/mol. The van der Waals surface area contributed by atoms with Crippen molar-refractivity contribution in [2.24, 2.45) is 0 Å². The lowest BCUT2D eigenvalue weighted by Gasteiger charge is -2.06. The molecular formula is C15H13N5O3. The highest BCUT2D eigenvalue weighted by Crippen LogP contribution is 2.03. The topological polar surface area (TPSA) is 110 Å². The molecule has 0 aliphatic rings. The molecule has 8 heteroatoms. The summed E-state index contributed by atoms with van der Waals surface area (Å²) in [7, 11) is 0. The highest BCUT2D eigenvalue weighted by molar-refractivity contribution is 5.77. The van der Waals surface area contributed by atoms with Gasteiger partial charge in [0.1, 0.15) is 5.82 Å². The standard InChI is InChI=1S/C15H13N5O3/c21-12(9-23-13-5-1-2-6-16-13)18-8-11-19-14-10(15(22)20-11)4-3-7-17-14/h1-7H,8-9H2,(H,18,21)(H,17,19,20,22). The van der Waals surface area contributed by atoms with E-state index in [0.717, 1.165) is 0 Å². The Morgan fingerprint density at radius 1 is 1.17 bits per heavy atom. The fourth-order valence-corrected chi connectivity index (χ4v) is 1.91. The van der Waals surface area contributed by atoms with Crippen molar-refractivity contribution in [3.05, 3.63) is 58.9 Å². The highest BCUT2D eigenvalue weighted by atomic mass is 16.5. The predicted octanol–water partition coefficient (Wildman–Crippen LogP) is 0.408. The highest BCUT2D eigenvalue weighted by Gasteiger charge is 2.07. The summed E-state index contributed by atoms with van der Waals surface area (Å²) in [4.78, 5) is 38.4. The number of nitrogens with one attached hydrogen (secondary N) is 2. The lowest BCUT2D eigenvalue weighted by atomic mass is 10.3. The van der Waals surface area contributed by atoms with E-state index in [2.05, 4.69) is 25.3 Å². The van der Waals surface area contributed by atoms with Crippen molar-refractivity contribution < 1.29 is 9.53 Å². The van der Waals surface area contributed by atoms with E-state index >= 15 is 0 Å². The summed E-state index contributed by atoms with van der Waals surface area (Å²) in [5, 5.41) is 3.01. The molecule has 8 nitrogen and oxygen atoms in total. The van der Waals surface area contributed by atoms with Gasteiger partial charge in [-0.05, 0) is 18.2 Å². The molecule has 0 fully saturated rings. The van der Waals surface area contributed by atoms with Crippen molar-refractivity contribution >= 4 is 16.9 Å². The van der Waals surface area contributed by atoms with E-state index in [1.165, 1.54) is 0 Å². The van der Waals surface area contributed by atoms with E-state index in [1.807, 2.05) is 0 Å². The fourth-order valence-electron chi connectivity index (χ4n) is 1.91. The second-order valence-electron chi connectivity index (χ2n) is 4.62. The lowest BCUT2D eigenvalue weighted by Crippen LogP contribution is -2.30. The first-order chi connectivity index (χ1) is 11.2. The average molecular weight is 311 g/mol. The number of amides is 1. The van der Waals surface area contributed by atoms with Crippen LogP contribution in [0.3, 0.4) is 0 Å². The summed E-state index contributed by atoms with van der Waals surface area (Å²) in [5.74, 6) is 0.343. The first-order valence-corrected chi connectivity index (χ1v) is 6.87. The van der Waals surface area contributed by atoms with Gasteiger partial charge in [-0.3, -0.25) is 9.59 Å². The number of aromatic amines is 1. The van der Waals surface area contributed by atoms with Crippen LogP contribution in [0.15, 0.2) is 47.5 Å². The van der Waals surface area contributed by atoms with Crippen molar-refractivity contribution in [3.63, 3.8) is 0 Å². The maximum atomic E-state index is 11.9. The van der Waals surface area contributed by atoms with Gasteiger partial charge in [-0.1, -0.05) is 6.07 Å². The third-order valence-corrected chi connectivity index (χ3v) is 2.97. The summed E-state index contributed by atoms with van der Waals surface area (Å²) in [6.45, 7) is -0.0980. The Morgan fingerprint density at radius 3 is 2.87 bits per heavy atom. The maximum Gasteiger partial charge on any atom is 0.260 e. The Kier molecular flexibility index (Phi) is 4.23. The van der Waals surface area contributed by atoms with Crippen LogP contribution in [0.25, 0.3) is 11.0 Å². The number of nitrogens with zero attached hydrogens (tertiary/aromatic N) is 3. The lowest BCUT2D eigenvalue weighted by molar-refractivity contribution is -0.123. The molecule has 0 saturated heterocycles. The second-order valence-corrected chi connectivity index (χ2v) is 4.62. The van der Waals surface area contributed by atoms with Gasteiger partial charge >= 0.3 is 0 Å². The minimum absolute atomic E-state index is 0.0756. The molecule has 3 rings (SSSR count). The Balaban J connectivity index is 1.60. The minimum atomic E-state index is -0.348. The van der Waals surface area contributed by atoms with Gasteiger partial charge in [0.25, 0.3) is 11.5 Å². The Bertz CT molecular complexity index is 879. The number of fused-ring (bicyclic) bond motifs is 1. The maximum absolute atomic E-state index is 11.9. The number of hydrogen-bond acceptors (Lipinski definition) is 6. The molecule has 0 bridgehead atoms. The Labute approximate surface area is 130 Å². The number of H-pyrrole nitrogens is 1. The molecule has 0 radical (unpaired) electrons. The Hall–Kier alpha value is -3.29. The first kappa shape index (κ1) is 14.6. The van der Waals surface area contributed by atoms with Crippen LogP contribution in [-0.4, -0.2) is 32.4 Å². The van der Waals surface area contributed by atoms with Crippen LogP contribution in [0.5, 0.6) is 5.88 Å². The number of carbonyl (C=O) groups is 1. The van der Waals surface area contributed by atoms with Crippen molar-refractivity contribution in [1.29, 1.82) is 0 Å². The molecule has 0 aliphatic heterocycles. The van der Waals surface area contributed by atoms with Gasteiger partial charge in [0.15, 0.2) is 12.3 Å². The van der Waals surface area contributed by atoms with Gasteiger partial charge in [-0.2, -0.15) is 0 Å². The van der Waals surface area contributed by atoms with Crippen LogP contribution in [0.1, 0.15) is 5.82 Å². The summed E-state index contributed by atoms with van der Waals surface area (Å²) < 4.78 is 5.22. The number of pyridine rings is 2. The summed E-state index contributed by atoms with van der Waals surface area (Å²) in [5.41, 5.74) is 0.0438. The van der Waals surface area contributed by atoms with Gasteiger partial charge < -0.3 is 15.0 Å². The van der Waals surface area contributed by atoms with E-state index in [4.69, 9.17) is 4.74 Å². The van der Waals surface area contributed by atoms with E-state index < -0.39 is 0 Å². The average Bonchev–Trinajstić information content (AvgIpc) is 2.59. The molecule has 23 heavy (non-hydrogen) atoms. The van der Waals surface area contributed by atoms with E-state index in [1.54, 1.807) is 42.7 Å². The molecule has 0 aliphatic carbocycles. The quantitative estimate of drug-likeness (QED) is 0.706. The summed E-state index contributed by atoms with van der Waals surface area (Å²) in [6.07, 6.45) is 3.13. The largest absolute Gasteiger partial charge is 0.468 e. The van der Waals surface area contributed by atoms with Crippen LogP contribution in [-0.2, 0) is 11.3 Å². The fraction of sp³-hybridized carbons (Fsp3) is 0.133. The van der Waals surface area contributed by atoms with E-state index in [0.29, 0.717) is 22.7 Å². The summed E-state index contributed by atoms with van der Waals surface area (Å²) in [6, 6.07) is 8.47. The molecule has 3 aromatic heterocycles. The van der Waals surface area contributed by atoms with E-state index in [9.17, 15) is 9.59 Å². The molecule has 0 aromatic carbocycles. The molecule has 2 N–H and O–H groups in total. The molecule has 0 saturated carbocycles. The Morgan fingerprint density at radius 2 is 2.04 bits per heavy atom. The van der Waals surface area contributed by atoms with Crippen molar-refractivity contribution in [2.45, 2.75) is 6.54 Å². The van der Waals surface area contributed by atoms with Crippen LogP contribution < -0.4 is 15.6 Å². The smallest absolute Gasteiger partial charge is 0.260 e. The zero-order valence-corrected chi connectivity index (χ0v) is 12.0. The van der Waals surface area contributed by atoms with Gasteiger partial charge in [0, 0.05) is 18.5 Å². The second kappa shape index (κ2) is 6.65. The van der Waals surface area contributed by atoms with Crippen molar-refractivity contribution in [3.8, 4) is 5.88 Å². The minimum Gasteiger partial charge on any atom is -0.468 e. The zero-order valence-electron chi connectivity index (χ0n) is 12.0. The number of carbonyl (C=O) groups excluding carboxylic acids is 1. The van der Waals surface area contributed by atoms with Crippen LogP contribution in [0, 0.1) is 0 Å². The molecular weight excluding hydrogens is 298 g/mol. The molecule has 3 aromatic rings.